The second kappa shape index (κ2) is 4.32. The lowest BCUT2D eigenvalue weighted by atomic mass is 10.4. The van der Waals surface area contributed by atoms with Gasteiger partial charge in [0.05, 0.1) is 6.08 Å². The first-order chi connectivity index (χ1) is 5.11. The number of halogens is 1. The van der Waals surface area contributed by atoms with Gasteiger partial charge in [-0.1, -0.05) is 11.1 Å². The van der Waals surface area contributed by atoms with Crippen molar-refractivity contribution in [3.8, 4) is 0 Å². The quantitative estimate of drug-likeness (QED) is 0.271. The van der Waals surface area contributed by atoms with E-state index in [9.17, 15) is 14.5 Å². The highest BCUT2D eigenvalue weighted by Gasteiger charge is 2.05. The van der Waals surface area contributed by atoms with Gasteiger partial charge < -0.3 is 10.1 Å². The first kappa shape index (κ1) is 9.48. The van der Waals surface area contributed by atoms with E-state index in [4.69, 9.17) is 0 Å². The van der Waals surface area contributed by atoms with Crippen LogP contribution in [0.3, 0.4) is 0 Å². The molecule has 60 valence electrons. The third kappa shape index (κ3) is 3.24. The molecule has 0 spiro atoms. The summed E-state index contributed by atoms with van der Waals surface area (Å²) < 4.78 is 12.3. The van der Waals surface area contributed by atoms with Gasteiger partial charge in [-0.2, -0.15) is 0 Å². The normalized spacial score (nSPS) is 12.9. The van der Waals surface area contributed by atoms with Gasteiger partial charge in [0.2, 0.25) is 0 Å². The van der Waals surface area contributed by atoms with E-state index >= 15 is 0 Å². The smallest absolute Gasteiger partial charge is 0.358 e. The van der Waals surface area contributed by atoms with Crippen molar-refractivity contribution >= 4 is 6.72 Å². The summed E-state index contributed by atoms with van der Waals surface area (Å²) in [4.78, 5) is 12.2. The number of nitrogens with zero attached hydrogens (tertiary/aromatic N) is 2. The average molecular weight is 158 g/mol. The molecule has 0 aliphatic rings. The molecule has 0 bridgehead atoms. The second-order valence-electron chi connectivity index (χ2n) is 1.59. The van der Waals surface area contributed by atoms with Crippen molar-refractivity contribution in [1.29, 1.82) is 0 Å². The molecule has 4 nitrogen and oxygen atoms in total. The molecule has 0 aliphatic carbocycles. The molecule has 0 unspecified atom stereocenters. The lowest BCUT2D eigenvalue weighted by molar-refractivity contribution is -0.425. The summed E-state index contributed by atoms with van der Waals surface area (Å²) in [5, 5.41) is 9.99. The standard InChI is InChI=1S/C6H7FN2O2/c1-3-5(7)4-6(8-2)9(10)11/h3-4H,2H2,1H3/b5-3+,6-4+. The molecule has 0 heterocycles. The Balaban J connectivity index is 4.62. The summed E-state index contributed by atoms with van der Waals surface area (Å²) in [5.74, 6) is -1.30. The van der Waals surface area contributed by atoms with Gasteiger partial charge in [0.1, 0.15) is 12.5 Å². The number of nitro groups is 1. The third-order valence-electron chi connectivity index (χ3n) is 0.892. The first-order valence-electron chi connectivity index (χ1n) is 2.76. The van der Waals surface area contributed by atoms with Gasteiger partial charge in [-0.25, -0.2) is 4.39 Å². The van der Waals surface area contributed by atoms with Crippen LogP contribution in [0.25, 0.3) is 0 Å². The van der Waals surface area contributed by atoms with Crippen molar-refractivity contribution in [3.63, 3.8) is 0 Å². The van der Waals surface area contributed by atoms with E-state index in [-0.39, 0.29) is 0 Å². The van der Waals surface area contributed by atoms with Gasteiger partial charge in [0.15, 0.2) is 0 Å². The summed E-state index contributed by atoms with van der Waals surface area (Å²) in [6.45, 7) is 4.34. The summed E-state index contributed by atoms with van der Waals surface area (Å²) in [5.41, 5.74) is 0. The fourth-order valence-electron chi connectivity index (χ4n) is 0.363. The Hall–Kier alpha value is -1.52. The molecule has 0 aromatic carbocycles. The number of aliphatic imine (C=N–C) groups is 1. The molecular formula is C6H7FN2O2. The largest absolute Gasteiger partial charge is 0.365 e. The Morgan fingerprint density at radius 1 is 1.82 bits per heavy atom. The van der Waals surface area contributed by atoms with Gasteiger partial charge in [0.25, 0.3) is 0 Å². The molecule has 5 heteroatoms. The predicted octanol–water partition coefficient (Wildman–Crippen LogP) is 1.68. The second-order valence-corrected chi connectivity index (χ2v) is 1.59. The Bertz CT molecular complexity index is 233. The van der Waals surface area contributed by atoms with Crippen molar-refractivity contribution in [2.45, 2.75) is 6.92 Å². The third-order valence-corrected chi connectivity index (χ3v) is 0.892. The van der Waals surface area contributed by atoms with E-state index < -0.39 is 16.6 Å². The Morgan fingerprint density at radius 2 is 2.36 bits per heavy atom. The van der Waals surface area contributed by atoms with Gasteiger partial charge in [-0.05, 0) is 11.8 Å². The predicted molar refractivity (Wildman–Crippen MR) is 39.5 cm³/mol. The maximum absolute atomic E-state index is 12.3. The lowest BCUT2D eigenvalue weighted by Crippen LogP contribution is -1.94. The first-order valence-corrected chi connectivity index (χ1v) is 2.76. The summed E-state index contributed by atoms with van der Waals surface area (Å²) in [7, 11) is 0. The minimum absolute atomic E-state index is 0.597. The molecule has 0 atom stereocenters. The zero-order chi connectivity index (χ0) is 8.85. The van der Waals surface area contributed by atoms with E-state index in [0.29, 0.717) is 6.08 Å². The number of hydrogen-bond acceptors (Lipinski definition) is 3. The number of allylic oxidation sites excluding steroid dienone is 3. The van der Waals surface area contributed by atoms with Crippen LogP contribution in [0.1, 0.15) is 6.92 Å². The van der Waals surface area contributed by atoms with Crippen molar-refractivity contribution in [1.82, 2.24) is 0 Å². The molecule has 0 aromatic rings. The zero-order valence-electron chi connectivity index (χ0n) is 5.95. The molecule has 0 aromatic heterocycles. The topological polar surface area (TPSA) is 55.5 Å². The van der Waals surface area contributed by atoms with Gasteiger partial charge in [0, 0.05) is 0 Å². The monoisotopic (exact) mass is 158 g/mol. The van der Waals surface area contributed by atoms with Crippen LogP contribution in [0.2, 0.25) is 0 Å². The van der Waals surface area contributed by atoms with Crippen molar-refractivity contribution < 1.29 is 9.31 Å². The molecule has 0 N–H and O–H groups in total. The van der Waals surface area contributed by atoms with E-state index in [1.54, 1.807) is 0 Å². The fourth-order valence-corrected chi connectivity index (χ4v) is 0.363. The van der Waals surface area contributed by atoms with Crippen LogP contribution in [0.4, 0.5) is 4.39 Å². The fraction of sp³-hybridized carbons (Fsp3) is 0.167. The molecule has 0 saturated heterocycles. The van der Waals surface area contributed by atoms with E-state index in [1.807, 2.05) is 0 Å². The summed E-state index contributed by atoms with van der Waals surface area (Å²) in [6.07, 6.45) is 1.79. The highest BCUT2D eigenvalue weighted by Crippen LogP contribution is 2.04. The summed E-state index contributed by atoms with van der Waals surface area (Å²) in [6, 6.07) is 0. The molecule has 0 saturated carbocycles. The maximum Gasteiger partial charge on any atom is 0.365 e. The van der Waals surface area contributed by atoms with Crippen molar-refractivity contribution in [2.75, 3.05) is 0 Å². The minimum atomic E-state index is -0.809. The van der Waals surface area contributed by atoms with Crippen LogP contribution in [0.5, 0.6) is 0 Å². The van der Waals surface area contributed by atoms with Crippen LogP contribution >= 0.6 is 0 Å². The highest BCUT2D eigenvalue weighted by atomic mass is 19.1. The Morgan fingerprint density at radius 3 is 2.64 bits per heavy atom. The molecule has 0 aliphatic heterocycles. The van der Waals surface area contributed by atoms with E-state index in [1.165, 1.54) is 6.92 Å². The number of rotatable bonds is 3. The van der Waals surface area contributed by atoms with Gasteiger partial charge in [-0.15, -0.1) is 0 Å². The molecule has 0 rings (SSSR count). The van der Waals surface area contributed by atoms with Crippen LogP contribution in [-0.4, -0.2) is 11.6 Å². The number of hydrogen-bond donors (Lipinski definition) is 0. The van der Waals surface area contributed by atoms with Crippen LogP contribution < -0.4 is 0 Å². The van der Waals surface area contributed by atoms with Crippen LogP contribution in [-0.2, 0) is 0 Å². The average Bonchev–Trinajstić information content (AvgIpc) is 1.99. The molecular weight excluding hydrogens is 151 g/mol. The molecule has 0 amide bonds. The molecule has 0 radical (unpaired) electrons. The minimum Gasteiger partial charge on any atom is -0.358 e. The molecule has 11 heavy (non-hydrogen) atoms. The SMILES string of the molecule is C=N/C(=C\C(F)=C/C)[N+](=O)[O-]. The Kier molecular flexibility index (Phi) is 3.72. The van der Waals surface area contributed by atoms with E-state index in [2.05, 4.69) is 11.7 Å². The van der Waals surface area contributed by atoms with Crippen LogP contribution in [0.15, 0.2) is 28.8 Å². The molecule has 0 fully saturated rings. The van der Waals surface area contributed by atoms with Crippen LogP contribution in [0, 0.1) is 10.1 Å². The van der Waals surface area contributed by atoms with Crippen molar-refractivity contribution in [2.24, 2.45) is 4.99 Å². The van der Waals surface area contributed by atoms with E-state index in [0.717, 1.165) is 6.08 Å². The maximum atomic E-state index is 12.3. The van der Waals surface area contributed by atoms with Crippen molar-refractivity contribution in [3.05, 3.63) is 33.9 Å². The van der Waals surface area contributed by atoms with Gasteiger partial charge in [-0.3, -0.25) is 0 Å². The zero-order valence-corrected chi connectivity index (χ0v) is 5.95. The Labute approximate surface area is 62.9 Å². The highest BCUT2D eigenvalue weighted by molar-refractivity contribution is 5.28. The van der Waals surface area contributed by atoms with Gasteiger partial charge >= 0.3 is 5.82 Å². The lowest BCUT2D eigenvalue weighted by Gasteiger charge is -1.89. The summed E-state index contributed by atoms with van der Waals surface area (Å²) >= 11 is 0.